The van der Waals surface area contributed by atoms with Gasteiger partial charge >= 0.3 is 0 Å². The second kappa shape index (κ2) is 12.9. The highest BCUT2D eigenvalue weighted by Crippen LogP contribution is 2.39. The van der Waals surface area contributed by atoms with Crippen LogP contribution < -0.4 is 14.8 Å². The van der Waals surface area contributed by atoms with Gasteiger partial charge in [-0.05, 0) is 97.9 Å². The van der Waals surface area contributed by atoms with Gasteiger partial charge in [0.15, 0.2) is 23.3 Å². The average Bonchev–Trinajstić information content (AvgIpc) is 3.21. The maximum atomic E-state index is 13.3. The van der Waals surface area contributed by atoms with E-state index in [0.717, 1.165) is 0 Å². The molecule has 0 spiro atoms. The third-order valence-corrected chi connectivity index (χ3v) is 7.09. The van der Waals surface area contributed by atoms with Crippen molar-refractivity contribution >= 4 is 62.1 Å². The molecule has 0 unspecified atom stereocenters. The van der Waals surface area contributed by atoms with Crippen molar-refractivity contribution in [3.63, 3.8) is 0 Å². The van der Waals surface area contributed by atoms with E-state index in [4.69, 9.17) is 9.47 Å². The number of nitrogens with one attached hydrogen (secondary N) is 1. The van der Waals surface area contributed by atoms with Crippen LogP contribution in [0, 0.1) is 11.6 Å². The lowest BCUT2D eigenvalue weighted by Gasteiger charge is -2.14. The van der Waals surface area contributed by atoms with Crippen LogP contribution in [0.2, 0.25) is 0 Å². The molecule has 0 radical (unpaired) electrons. The first-order valence-electron chi connectivity index (χ1n) is 12.0. The minimum atomic E-state index is -0.424. The van der Waals surface area contributed by atoms with Crippen molar-refractivity contribution in [1.82, 2.24) is 4.90 Å². The monoisotopic (exact) mass is 615 g/mol. The summed E-state index contributed by atoms with van der Waals surface area (Å²) in [7, 11) is 0. The van der Waals surface area contributed by atoms with Crippen LogP contribution in [-0.2, 0) is 9.59 Å². The summed E-state index contributed by atoms with van der Waals surface area (Å²) in [6, 6.07) is 14.5. The van der Waals surface area contributed by atoms with E-state index in [9.17, 15) is 18.4 Å². The van der Waals surface area contributed by atoms with Crippen LogP contribution >= 0.6 is 27.7 Å². The highest BCUT2D eigenvalue weighted by Gasteiger charge is 2.32. The van der Waals surface area contributed by atoms with Crippen molar-refractivity contribution in [3.05, 3.63) is 87.2 Å². The highest BCUT2D eigenvalue weighted by atomic mass is 79.9. The summed E-state index contributed by atoms with van der Waals surface area (Å²) in [4.78, 5) is 31.9. The summed E-state index contributed by atoms with van der Waals surface area (Å²) in [5, 5.41) is 3.13. The number of anilines is 1. The molecule has 3 aromatic rings. The van der Waals surface area contributed by atoms with Gasteiger partial charge in [-0.1, -0.05) is 15.9 Å². The molecule has 1 aliphatic rings. The summed E-state index contributed by atoms with van der Waals surface area (Å²) in [5.41, 5.74) is 1.65. The Morgan fingerprint density at radius 1 is 1.03 bits per heavy atom. The molecule has 7 nitrogen and oxygen atoms in total. The summed E-state index contributed by atoms with van der Waals surface area (Å²) in [6.45, 7) is 4.14. The van der Waals surface area contributed by atoms with Crippen LogP contribution in [0.5, 0.6) is 11.5 Å². The molecule has 1 aliphatic heterocycles. The number of amides is 2. The molecule has 2 amide bonds. The van der Waals surface area contributed by atoms with Crippen molar-refractivity contribution in [2.24, 2.45) is 4.99 Å². The van der Waals surface area contributed by atoms with Gasteiger partial charge < -0.3 is 14.8 Å². The molecule has 0 atom stereocenters. The third kappa shape index (κ3) is 7.24. The molecule has 0 aliphatic carbocycles. The lowest BCUT2D eigenvalue weighted by atomic mass is 10.2. The standard InChI is InChI=1S/C28H24BrF2N3O4S/c1-3-34-27(36)25(39-28(34)33-21-11-7-19(31)8-12-21)14-17-13-23(37-4-2)24(15-22(17)29)38-16-26(35)32-20-9-5-18(30)6-10-20/h5-15H,3-4,16H2,1-2H3,(H,32,35)/b25-14+,33-28?. The Labute approximate surface area is 237 Å². The first-order valence-corrected chi connectivity index (χ1v) is 13.6. The predicted octanol–water partition coefficient (Wildman–Crippen LogP) is 6.77. The minimum Gasteiger partial charge on any atom is -0.490 e. The van der Waals surface area contributed by atoms with Gasteiger partial charge in [0.05, 0.1) is 17.2 Å². The lowest BCUT2D eigenvalue weighted by molar-refractivity contribution is -0.122. The fraction of sp³-hybridized carbons (Fsp3) is 0.179. The number of aliphatic imine (C=N–C) groups is 1. The SMILES string of the molecule is CCOc1cc(/C=C2/SC(=Nc3ccc(F)cc3)N(CC)C2=O)c(Br)cc1OCC(=O)Nc1ccc(F)cc1. The Kier molecular flexibility index (Phi) is 9.36. The topological polar surface area (TPSA) is 80.2 Å². The van der Waals surface area contributed by atoms with E-state index in [0.29, 0.717) is 56.1 Å². The number of nitrogens with zero attached hydrogens (tertiary/aromatic N) is 2. The molecule has 1 saturated heterocycles. The quantitative estimate of drug-likeness (QED) is 0.269. The molecule has 0 aromatic heterocycles. The number of thioether (sulfide) groups is 1. The second-order valence-electron chi connectivity index (χ2n) is 8.13. The molecule has 0 saturated carbocycles. The number of halogens is 3. The van der Waals surface area contributed by atoms with Gasteiger partial charge in [0.25, 0.3) is 11.8 Å². The Bertz CT molecular complexity index is 1430. The first kappa shape index (κ1) is 28.3. The van der Waals surface area contributed by atoms with E-state index < -0.39 is 11.7 Å². The summed E-state index contributed by atoms with van der Waals surface area (Å²) >= 11 is 4.74. The van der Waals surface area contributed by atoms with Crippen molar-refractivity contribution in [2.75, 3.05) is 25.1 Å². The predicted molar refractivity (Wildman–Crippen MR) is 152 cm³/mol. The zero-order valence-corrected chi connectivity index (χ0v) is 23.4. The maximum Gasteiger partial charge on any atom is 0.266 e. The van der Waals surface area contributed by atoms with Gasteiger partial charge in [-0.3, -0.25) is 14.5 Å². The Balaban J connectivity index is 1.53. The van der Waals surface area contributed by atoms with Crippen molar-refractivity contribution < 1.29 is 27.8 Å². The lowest BCUT2D eigenvalue weighted by Crippen LogP contribution is -2.28. The largest absolute Gasteiger partial charge is 0.490 e. The number of benzene rings is 3. The van der Waals surface area contributed by atoms with E-state index in [1.807, 2.05) is 13.8 Å². The Morgan fingerprint density at radius 3 is 2.31 bits per heavy atom. The van der Waals surface area contributed by atoms with Crippen LogP contribution in [0.25, 0.3) is 6.08 Å². The van der Waals surface area contributed by atoms with E-state index in [2.05, 4.69) is 26.2 Å². The van der Waals surface area contributed by atoms with Crippen LogP contribution in [0.15, 0.2) is 75.0 Å². The van der Waals surface area contributed by atoms with Gasteiger partial charge in [0.1, 0.15) is 11.6 Å². The number of amidine groups is 1. The van der Waals surface area contributed by atoms with Gasteiger partial charge in [0.2, 0.25) is 0 Å². The molecule has 3 aromatic carbocycles. The Morgan fingerprint density at radius 2 is 1.67 bits per heavy atom. The molecule has 1 fully saturated rings. The van der Waals surface area contributed by atoms with Crippen molar-refractivity contribution in [3.8, 4) is 11.5 Å². The number of likely N-dealkylation sites (N-methyl/N-ethyl adjacent to an activating group) is 1. The minimum absolute atomic E-state index is 0.203. The fourth-order valence-corrected chi connectivity index (χ4v) is 5.04. The molecule has 1 N–H and O–H groups in total. The number of hydrogen-bond acceptors (Lipinski definition) is 6. The van der Waals surface area contributed by atoms with Gasteiger partial charge in [-0.2, -0.15) is 0 Å². The zero-order chi connectivity index (χ0) is 27.9. The number of carbonyl (C=O) groups excluding carboxylic acids is 2. The van der Waals surface area contributed by atoms with Crippen LogP contribution in [0.3, 0.4) is 0 Å². The fourth-order valence-electron chi connectivity index (χ4n) is 3.55. The van der Waals surface area contributed by atoms with Gasteiger partial charge in [-0.25, -0.2) is 13.8 Å². The van der Waals surface area contributed by atoms with E-state index in [1.54, 1.807) is 35.2 Å². The van der Waals surface area contributed by atoms with Crippen molar-refractivity contribution in [2.45, 2.75) is 13.8 Å². The van der Waals surface area contributed by atoms with Crippen molar-refractivity contribution in [1.29, 1.82) is 0 Å². The number of hydrogen-bond donors (Lipinski definition) is 1. The van der Waals surface area contributed by atoms with Crippen LogP contribution in [-0.4, -0.2) is 41.6 Å². The average molecular weight is 616 g/mol. The van der Waals surface area contributed by atoms with E-state index in [1.165, 1.54) is 48.2 Å². The molecule has 1 heterocycles. The first-order chi connectivity index (χ1) is 18.8. The van der Waals surface area contributed by atoms with Crippen LogP contribution in [0.1, 0.15) is 19.4 Å². The normalized spacial score (nSPS) is 15.2. The zero-order valence-electron chi connectivity index (χ0n) is 21.0. The number of rotatable bonds is 9. The summed E-state index contributed by atoms with van der Waals surface area (Å²) in [5.74, 6) is -0.665. The molecular formula is C28H24BrF2N3O4S. The molecule has 4 rings (SSSR count). The molecule has 0 bridgehead atoms. The number of ether oxygens (including phenoxy) is 2. The second-order valence-corrected chi connectivity index (χ2v) is 9.99. The Hall–Kier alpha value is -3.70. The van der Waals surface area contributed by atoms with Crippen LogP contribution in [0.4, 0.5) is 20.2 Å². The summed E-state index contributed by atoms with van der Waals surface area (Å²) < 4.78 is 38.4. The van der Waals surface area contributed by atoms with Gasteiger partial charge in [0, 0.05) is 16.7 Å². The smallest absolute Gasteiger partial charge is 0.266 e. The number of carbonyl (C=O) groups is 2. The van der Waals surface area contributed by atoms with Gasteiger partial charge in [-0.15, -0.1) is 0 Å². The van der Waals surface area contributed by atoms with E-state index in [-0.39, 0.29) is 18.3 Å². The molecular weight excluding hydrogens is 592 g/mol. The maximum absolute atomic E-state index is 13.3. The van der Waals surface area contributed by atoms with E-state index >= 15 is 0 Å². The summed E-state index contributed by atoms with van der Waals surface area (Å²) in [6.07, 6.45) is 1.72. The molecule has 11 heteroatoms. The molecule has 39 heavy (non-hydrogen) atoms. The third-order valence-electron chi connectivity index (χ3n) is 5.39. The molecule has 202 valence electrons. The highest BCUT2D eigenvalue weighted by molar-refractivity contribution is 9.10.